The van der Waals surface area contributed by atoms with Crippen LogP contribution in [0.3, 0.4) is 0 Å². The van der Waals surface area contributed by atoms with Gasteiger partial charge in [0.05, 0.1) is 22.4 Å². The molecule has 0 spiro atoms. The summed E-state index contributed by atoms with van der Waals surface area (Å²) in [6.07, 6.45) is 5.21. The normalized spacial score (nSPS) is 11.5. The van der Waals surface area contributed by atoms with Gasteiger partial charge in [-0.25, -0.2) is 0 Å². The van der Waals surface area contributed by atoms with Gasteiger partial charge in [-0.3, -0.25) is 0 Å². The van der Waals surface area contributed by atoms with E-state index in [0.29, 0.717) is 40.7 Å². The second-order valence-corrected chi connectivity index (χ2v) is 8.51. The predicted molar refractivity (Wildman–Crippen MR) is 120 cm³/mol. The van der Waals surface area contributed by atoms with Gasteiger partial charge < -0.3 is 14.3 Å². The number of hydrogen-bond donors (Lipinski definition) is 0. The minimum atomic E-state index is 0.139. The van der Waals surface area contributed by atoms with E-state index in [1.807, 2.05) is 6.92 Å². The van der Waals surface area contributed by atoms with Crippen LogP contribution in [0.15, 0.2) is 27.9 Å². The van der Waals surface area contributed by atoms with Gasteiger partial charge in [0.1, 0.15) is 23.5 Å². The predicted octanol–water partition coefficient (Wildman–Crippen LogP) is 7.68. The van der Waals surface area contributed by atoms with Gasteiger partial charge >= 0.3 is 0 Å². The lowest BCUT2D eigenvalue weighted by atomic mass is 10.1. The van der Waals surface area contributed by atoms with Gasteiger partial charge in [-0.15, -0.1) is 0 Å². The molecule has 0 heterocycles. The lowest BCUT2D eigenvalue weighted by molar-refractivity contribution is 0.137. The summed E-state index contributed by atoms with van der Waals surface area (Å²) in [5, 5.41) is 4.89. The molecule has 1 rings (SSSR count). The Labute approximate surface area is 187 Å². The Kier molecular flexibility index (Phi) is 12.8. The van der Waals surface area contributed by atoms with Crippen LogP contribution in [0.4, 0.5) is 0 Å². The Morgan fingerprint density at radius 3 is 2.29 bits per heavy atom. The first-order valence-corrected chi connectivity index (χ1v) is 10.7. The van der Waals surface area contributed by atoms with E-state index < -0.39 is 0 Å². The molecule has 0 aliphatic carbocycles. The molecule has 8 heteroatoms. The second kappa shape index (κ2) is 14.2. The molecule has 0 bridgehead atoms. The molecule has 4 nitrogen and oxygen atoms in total. The van der Waals surface area contributed by atoms with Crippen LogP contribution in [0.25, 0.3) is 0 Å². The number of oxime groups is 1. The summed E-state index contributed by atoms with van der Waals surface area (Å²) in [6, 6.07) is 3.29. The number of nitrogens with zero attached hydrogens (tertiary/aromatic N) is 1. The van der Waals surface area contributed by atoms with E-state index in [4.69, 9.17) is 60.7 Å². The average molecular weight is 471 g/mol. The average Bonchev–Trinajstić information content (AvgIpc) is 2.58. The van der Waals surface area contributed by atoms with Crippen LogP contribution >= 0.6 is 46.4 Å². The largest absolute Gasteiger partial charge is 0.490 e. The third-order valence-corrected chi connectivity index (χ3v) is 4.38. The van der Waals surface area contributed by atoms with E-state index in [-0.39, 0.29) is 11.1 Å². The molecule has 28 heavy (non-hydrogen) atoms. The highest BCUT2D eigenvalue weighted by Crippen LogP contribution is 2.37. The molecule has 1 aromatic carbocycles. The topological polar surface area (TPSA) is 40.0 Å². The van der Waals surface area contributed by atoms with E-state index in [9.17, 15) is 0 Å². The molecule has 0 saturated carbocycles. The molecular formula is C20H27Cl4NO3. The van der Waals surface area contributed by atoms with Gasteiger partial charge in [-0.1, -0.05) is 65.4 Å². The lowest BCUT2D eigenvalue weighted by Gasteiger charge is -2.12. The summed E-state index contributed by atoms with van der Waals surface area (Å²) in [5.74, 6) is 1.55. The fraction of sp³-hybridized carbons (Fsp3) is 0.550. The minimum Gasteiger partial charge on any atom is -0.490 e. The number of rotatable bonds is 13. The van der Waals surface area contributed by atoms with Crippen molar-refractivity contribution in [1.82, 2.24) is 0 Å². The van der Waals surface area contributed by atoms with Gasteiger partial charge in [-0.05, 0) is 44.6 Å². The van der Waals surface area contributed by atoms with Crippen LogP contribution < -0.4 is 9.47 Å². The highest BCUT2D eigenvalue weighted by atomic mass is 35.5. The quantitative estimate of drug-likeness (QED) is 0.168. The van der Waals surface area contributed by atoms with E-state index >= 15 is 0 Å². The lowest BCUT2D eigenvalue weighted by Crippen LogP contribution is -2.02. The third kappa shape index (κ3) is 11.3. The van der Waals surface area contributed by atoms with Crippen LogP contribution in [0, 0.1) is 5.92 Å². The molecule has 0 aromatic heterocycles. The number of unbranched alkanes of at least 4 members (excludes halogenated alkanes) is 2. The van der Waals surface area contributed by atoms with Crippen molar-refractivity contribution in [1.29, 1.82) is 0 Å². The molecule has 158 valence electrons. The van der Waals surface area contributed by atoms with Crippen LogP contribution in [0.1, 0.15) is 46.5 Å². The molecule has 1 aromatic rings. The first-order chi connectivity index (χ1) is 13.3. The minimum absolute atomic E-state index is 0.139. The van der Waals surface area contributed by atoms with Gasteiger partial charge in [-0.2, -0.15) is 0 Å². The van der Waals surface area contributed by atoms with Crippen LogP contribution in [-0.2, 0) is 4.84 Å². The van der Waals surface area contributed by atoms with Gasteiger partial charge in [0, 0.05) is 12.1 Å². The standard InChI is InChI=1S/C20H27Cl4NO3/c1-14(2)11-15(3)25-28-9-6-4-5-8-27-20-17(21)12-16(13-18(20)22)26-10-7-19(23)24/h7,12-14H,4-6,8-11H2,1-3H3/b25-15+. The van der Waals surface area contributed by atoms with Crippen LogP contribution in [0.2, 0.25) is 10.0 Å². The van der Waals surface area contributed by atoms with E-state index in [1.54, 1.807) is 12.1 Å². The van der Waals surface area contributed by atoms with Gasteiger partial charge in [0.15, 0.2) is 5.75 Å². The molecule has 0 unspecified atom stereocenters. The SMILES string of the molecule is C/C(CC(C)C)=N\OCCCCCOc1c(Cl)cc(OCC=C(Cl)Cl)cc1Cl. The number of hydrogen-bond acceptors (Lipinski definition) is 4. The molecule has 0 atom stereocenters. The van der Waals surface area contributed by atoms with Crippen LogP contribution in [0.5, 0.6) is 11.5 Å². The fourth-order valence-electron chi connectivity index (χ4n) is 2.36. The maximum atomic E-state index is 6.23. The van der Waals surface area contributed by atoms with Crippen molar-refractivity contribution in [2.24, 2.45) is 11.1 Å². The Morgan fingerprint density at radius 1 is 1.04 bits per heavy atom. The monoisotopic (exact) mass is 469 g/mol. The van der Waals surface area contributed by atoms with Gasteiger partial charge in [0.2, 0.25) is 0 Å². The summed E-state index contributed by atoms with van der Waals surface area (Å²) < 4.78 is 11.3. The maximum absolute atomic E-state index is 6.23. The molecule has 0 amide bonds. The fourth-order valence-corrected chi connectivity index (χ4v) is 3.06. The summed E-state index contributed by atoms with van der Waals surface area (Å²) in [4.78, 5) is 5.33. The smallest absolute Gasteiger partial charge is 0.156 e. The Bertz CT molecular complexity index is 636. The molecule has 0 fully saturated rings. The number of benzene rings is 1. The molecule has 0 saturated heterocycles. The Balaban J connectivity index is 2.29. The molecular weight excluding hydrogens is 444 g/mol. The maximum Gasteiger partial charge on any atom is 0.156 e. The van der Waals surface area contributed by atoms with E-state index in [2.05, 4.69) is 19.0 Å². The van der Waals surface area contributed by atoms with Crippen molar-refractivity contribution in [2.75, 3.05) is 19.8 Å². The van der Waals surface area contributed by atoms with Gasteiger partial charge in [0.25, 0.3) is 0 Å². The zero-order valence-corrected chi connectivity index (χ0v) is 19.5. The molecule has 0 aliphatic rings. The van der Waals surface area contributed by atoms with E-state index in [1.165, 1.54) is 6.08 Å². The molecule has 0 N–H and O–H groups in total. The first-order valence-electron chi connectivity index (χ1n) is 9.20. The van der Waals surface area contributed by atoms with Crippen molar-refractivity contribution < 1.29 is 14.3 Å². The molecule has 0 aliphatic heterocycles. The van der Waals surface area contributed by atoms with Crippen molar-refractivity contribution in [3.63, 3.8) is 0 Å². The zero-order chi connectivity index (χ0) is 20.9. The highest BCUT2D eigenvalue weighted by Gasteiger charge is 2.10. The molecule has 0 radical (unpaired) electrons. The Morgan fingerprint density at radius 2 is 1.68 bits per heavy atom. The van der Waals surface area contributed by atoms with Crippen molar-refractivity contribution in [3.05, 3.63) is 32.7 Å². The first kappa shape index (κ1) is 25.2. The van der Waals surface area contributed by atoms with Crippen molar-refractivity contribution in [3.8, 4) is 11.5 Å². The second-order valence-electron chi connectivity index (χ2n) is 6.69. The van der Waals surface area contributed by atoms with Crippen LogP contribution in [-0.4, -0.2) is 25.5 Å². The highest BCUT2D eigenvalue weighted by molar-refractivity contribution is 6.55. The summed E-state index contributed by atoms with van der Waals surface area (Å²) in [7, 11) is 0. The number of halogens is 4. The zero-order valence-electron chi connectivity index (χ0n) is 16.4. The number of ether oxygens (including phenoxy) is 2. The summed E-state index contributed by atoms with van der Waals surface area (Å²) >= 11 is 23.5. The van der Waals surface area contributed by atoms with Crippen molar-refractivity contribution in [2.45, 2.75) is 46.5 Å². The Hall–Kier alpha value is -0.810. The van der Waals surface area contributed by atoms with E-state index in [0.717, 1.165) is 31.4 Å². The third-order valence-electron chi connectivity index (χ3n) is 3.51. The summed E-state index contributed by atoms with van der Waals surface area (Å²) in [6.45, 7) is 7.64. The summed E-state index contributed by atoms with van der Waals surface area (Å²) in [5.41, 5.74) is 1.02. The van der Waals surface area contributed by atoms with Crippen molar-refractivity contribution >= 4 is 52.1 Å².